The topological polar surface area (TPSA) is 45.8 Å². The molecular weight excluding hydrogens is 297 g/mol. The van der Waals surface area contributed by atoms with Crippen molar-refractivity contribution in [1.29, 1.82) is 0 Å². The molecule has 1 N–H and O–H groups in total. The summed E-state index contributed by atoms with van der Waals surface area (Å²) in [5, 5.41) is 10.1. The molecule has 0 fully saturated rings. The standard InChI is InChI=1S/C18H24FNO3/c1-2-9-20(11-15-6-3-4-8-18(15)19)12-16(21)13-22-14-17-7-5-10-23-17/h3-8,10,16,21H,2,9,11-14H2,1H3/t16-/m0/s1. The summed E-state index contributed by atoms with van der Waals surface area (Å²) < 4.78 is 24.4. The van der Waals surface area contributed by atoms with E-state index in [2.05, 4.69) is 6.92 Å². The van der Waals surface area contributed by atoms with Crippen LogP contribution in [-0.2, 0) is 17.9 Å². The van der Waals surface area contributed by atoms with Gasteiger partial charge in [0.25, 0.3) is 0 Å². The number of aliphatic hydroxyl groups excluding tert-OH is 1. The van der Waals surface area contributed by atoms with E-state index in [-0.39, 0.29) is 12.4 Å². The first kappa shape index (κ1) is 17.7. The lowest BCUT2D eigenvalue weighted by Gasteiger charge is -2.24. The summed E-state index contributed by atoms with van der Waals surface area (Å²) >= 11 is 0. The van der Waals surface area contributed by atoms with Crippen molar-refractivity contribution in [3.8, 4) is 0 Å². The van der Waals surface area contributed by atoms with E-state index in [1.807, 2.05) is 17.0 Å². The second-order valence-electron chi connectivity index (χ2n) is 5.57. The summed E-state index contributed by atoms with van der Waals surface area (Å²) in [7, 11) is 0. The molecule has 5 heteroatoms. The Morgan fingerprint density at radius 2 is 2.09 bits per heavy atom. The van der Waals surface area contributed by atoms with Crippen LogP contribution in [0.1, 0.15) is 24.7 Å². The summed E-state index contributed by atoms with van der Waals surface area (Å²) in [6.45, 7) is 4.34. The maximum atomic E-state index is 13.8. The van der Waals surface area contributed by atoms with Gasteiger partial charge in [0.2, 0.25) is 0 Å². The van der Waals surface area contributed by atoms with E-state index in [1.165, 1.54) is 6.07 Å². The number of rotatable bonds is 10. The van der Waals surface area contributed by atoms with Gasteiger partial charge in [0.05, 0.1) is 19.0 Å². The molecule has 0 aliphatic rings. The molecular formula is C18H24FNO3. The fourth-order valence-electron chi connectivity index (χ4n) is 2.46. The van der Waals surface area contributed by atoms with E-state index in [0.29, 0.717) is 25.3 Å². The SMILES string of the molecule is CCCN(Cc1ccccc1F)C[C@H](O)COCc1ccco1. The minimum atomic E-state index is -0.622. The Labute approximate surface area is 136 Å². The molecule has 126 valence electrons. The molecule has 0 aliphatic carbocycles. The zero-order chi connectivity index (χ0) is 16.5. The number of halogens is 1. The highest BCUT2D eigenvalue weighted by Gasteiger charge is 2.14. The van der Waals surface area contributed by atoms with Crippen LogP contribution in [0.3, 0.4) is 0 Å². The normalized spacial score (nSPS) is 12.7. The number of hydrogen-bond donors (Lipinski definition) is 1. The number of nitrogens with zero attached hydrogens (tertiary/aromatic N) is 1. The van der Waals surface area contributed by atoms with E-state index in [9.17, 15) is 9.50 Å². The number of furan rings is 1. The maximum absolute atomic E-state index is 13.8. The fraction of sp³-hybridized carbons (Fsp3) is 0.444. The fourth-order valence-corrected chi connectivity index (χ4v) is 2.46. The molecule has 1 atom stereocenters. The van der Waals surface area contributed by atoms with Gasteiger partial charge in [-0.25, -0.2) is 4.39 Å². The van der Waals surface area contributed by atoms with E-state index in [0.717, 1.165) is 18.7 Å². The summed E-state index contributed by atoms with van der Waals surface area (Å²) in [4.78, 5) is 2.04. The van der Waals surface area contributed by atoms with Crippen molar-refractivity contribution >= 4 is 0 Å². The van der Waals surface area contributed by atoms with Gasteiger partial charge in [-0.05, 0) is 31.2 Å². The molecule has 0 spiro atoms. The molecule has 2 rings (SSSR count). The Kier molecular flexibility index (Phi) is 7.26. The molecule has 4 nitrogen and oxygen atoms in total. The van der Waals surface area contributed by atoms with Gasteiger partial charge in [0.1, 0.15) is 18.2 Å². The second kappa shape index (κ2) is 9.45. The van der Waals surface area contributed by atoms with E-state index >= 15 is 0 Å². The number of hydrogen-bond acceptors (Lipinski definition) is 4. The highest BCUT2D eigenvalue weighted by atomic mass is 19.1. The van der Waals surface area contributed by atoms with Crippen molar-refractivity contribution in [2.24, 2.45) is 0 Å². The smallest absolute Gasteiger partial charge is 0.129 e. The van der Waals surface area contributed by atoms with Crippen molar-refractivity contribution < 1.29 is 18.7 Å². The third kappa shape index (κ3) is 6.14. The molecule has 1 heterocycles. The Bertz CT molecular complexity index is 559. The molecule has 1 aromatic heterocycles. The molecule has 0 amide bonds. The lowest BCUT2D eigenvalue weighted by atomic mass is 10.2. The van der Waals surface area contributed by atoms with Crippen LogP contribution in [0.4, 0.5) is 4.39 Å². The minimum absolute atomic E-state index is 0.211. The third-order valence-electron chi connectivity index (χ3n) is 3.50. The van der Waals surface area contributed by atoms with Gasteiger partial charge in [0, 0.05) is 18.7 Å². The summed E-state index contributed by atoms with van der Waals surface area (Å²) in [6, 6.07) is 10.4. The molecule has 0 aliphatic heterocycles. The molecule has 0 saturated heterocycles. The molecule has 23 heavy (non-hydrogen) atoms. The van der Waals surface area contributed by atoms with Crippen LogP contribution in [0.25, 0.3) is 0 Å². The highest BCUT2D eigenvalue weighted by molar-refractivity contribution is 5.17. The van der Waals surface area contributed by atoms with E-state index in [4.69, 9.17) is 9.15 Å². The molecule has 0 bridgehead atoms. The van der Waals surface area contributed by atoms with Gasteiger partial charge in [-0.15, -0.1) is 0 Å². The van der Waals surface area contributed by atoms with Crippen LogP contribution in [0, 0.1) is 5.82 Å². The lowest BCUT2D eigenvalue weighted by Crippen LogP contribution is -2.35. The molecule has 1 aromatic carbocycles. The van der Waals surface area contributed by atoms with Crippen molar-refractivity contribution in [1.82, 2.24) is 4.90 Å². The van der Waals surface area contributed by atoms with Gasteiger partial charge < -0.3 is 14.3 Å². The Hall–Kier alpha value is -1.69. The Morgan fingerprint density at radius 1 is 1.26 bits per heavy atom. The third-order valence-corrected chi connectivity index (χ3v) is 3.50. The number of ether oxygens (including phenoxy) is 1. The van der Waals surface area contributed by atoms with Crippen LogP contribution < -0.4 is 0 Å². The first-order valence-corrected chi connectivity index (χ1v) is 7.93. The van der Waals surface area contributed by atoms with Gasteiger partial charge in [0.15, 0.2) is 0 Å². The van der Waals surface area contributed by atoms with Crippen molar-refractivity contribution in [2.45, 2.75) is 32.6 Å². The lowest BCUT2D eigenvalue weighted by molar-refractivity contribution is 0.00373. The quantitative estimate of drug-likeness (QED) is 0.730. The predicted octanol–water partition coefficient (Wildman–Crippen LogP) is 3.21. The predicted molar refractivity (Wildman–Crippen MR) is 86.3 cm³/mol. The van der Waals surface area contributed by atoms with Gasteiger partial charge in [-0.3, -0.25) is 4.90 Å². The minimum Gasteiger partial charge on any atom is -0.467 e. The monoisotopic (exact) mass is 321 g/mol. The molecule has 0 saturated carbocycles. The van der Waals surface area contributed by atoms with Crippen molar-refractivity contribution in [3.05, 3.63) is 59.8 Å². The van der Waals surface area contributed by atoms with Gasteiger partial charge in [-0.1, -0.05) is 25.1 Å². The van der Waals surface area contributed by atoms with Gasteiger partial charge >= 0.3 is 0 Å². The van der Waals surface area contributed by atoms with Crippen LogP contribution in [-0.4, -0.2) is 35.8 Å². The number of aliphatic hydroxyl groups is 1. The van der Waals surface area contributed by atoms with E-state index < -0.39 is 6.10 Å². The Morgan fingerprint density at radius 3 is 2.78 bits per heavy atom. The maximum Gasteiger partial charge on any atom is 0.129 e. The molecule has 2 aromatic rings. The second-order valence-corrected chi connectivity index (χ2v) is 5.57. The van der Waals surface area contributed by atoms with Crippen LogP contribution in [0.15, 0.2) is 47.1 Å². The highest BCUT2D eigenvalue weighted by Crippen LogP contribution is 2.11. The van der Waals surface area contributed by atoms with Crippen molar-refractivity contribution in [3.63, 3.8) is 0 Å². The zero-order valence-electron chi connectivity index (χ0n) is 13.5. The van der Waals surface area contributed by atoms with Crippen LogP contribution >= 0.6 is 0 Å². The summed E-state index contributed by atoms with van der Waals surface area (Å²) in [5.74, 6) is 0.520. The largest absolute Gasteiger partial charge is 0.467 e. The van der Waals surface area contributed by atoms with Crippen LogP contribution in [0.2, 0.25) is 0 Å². The summed E-state index contributed by atoms with van der Waals surface area (Å²) in [6.07, 6.45) is 1.91. The van der Waals surface area contributed by atoms with E-state index in [1.54, 1.807) is 24.5 Å². The van der Waals surface area contributed by atoms with Crippen molar-refractivity contribution in [2.75, 3.05) is 19.7 Å². The number of benzene rings is 1. The van der Waals surface area contributed by atoms with Crippen LogP contribution in [0.5, 0.6) is 0 Å². The van der Waals surface area contributed by atoms with Gasteiger partial charge in [-0.2, -0.15) is 0 Å². The average molecular weight is 321 g/mol. The zero-order valence-corrected chi connectivity index (χ0v) is 13.5. The average Bonchev–Trinajstić information content (AvgIpc) is 3.03. The first-order valence-electron chi connectivity index (χ1n) is 7.93. The molecule has 0 radical (unpaired) electrons. The summed E-state index contributed by atoms with van der Waals surface area (Å²) in [5.41, 5.74) is 0.643. The Balaban J connectivity index is 1.79. The first-order chi connectivity index (χ1) is 11.2. The molecule has 0 unspecified atom stereocenters.